The zero-order chi connectivity index (χ0) is 18.2. The Bertz CT molecular complexity index is 617. The Morgan fingerprint density at radius 1 is 1.24 bits per heavy atom. The Hall–Kier alpha value is -1.36. The molecule has 0 bridgehead atoms. The summed E-state index contributed by atoms with van der Waals surface area (Å²) >= 11 is 0. The Kier molecular flexibility index (Phi) is 5.24. The number of hydrogen-bond acceptors (Lipinski definition) is 3. The van der Waals surface area contributed by atoms with Gasteiger partial charge in [0.05, 0.1) is 29.1 Å². The average molecular weight is 348 g/mol. The number of carbonyl (C=O) groups excluding carboxylic acids is 1. The molecule has 1 aromatic rings. The first kappa shape index (κ1) is 18.4. The van der Waals surface area contributed by atoms with Gasteiger partial charge in [-0.1, -0.05) is 19.8 Å². The fourth-order valence-corrected chi connectivity index (χ4v) is 4.70. The normalized spacial score (nSPS) is 27.7. The van der Waals surface area contributed by atoms with Crippen LogP contribution in [0.25, 0.3) is 0 Å². The highest BCUT2D eigenvalue weighted by molar-refractivity contribution is 5.95. The third kappa shape index (κ3) is 3.48. The van der Waals surface area contributed by atoms with Gasteiger partial charge in [0, 0.05) is 18.5 Å². The fourth-order valence-electron chi connectivity index (χ4n) is 4.70. The van der Waals surface area contributed by atoms with Crippen molar-refractivity contribution in [3.63, 3.8) is 0 Å². The van der Waals surface area contributed by atoms with Crippen molar-refractivity contribution in [2.45, 2.75) is 90.3 Å². The molecule has 3 rings (SSSR count). The van der Waals surface area contributed by atoms with E-state index >= 15 is 0 Å². The lowest BCUT2D eigenvalue weighted by Gasteiger charge is -2.37. The topological polar surface area (TPSA) is 58.4 Å². The van der Waals surface area contributed by atoms with Crippen LogP contribution in [-0.2, 0) is 12.0 Å². The minimum absolute atomic E-state index is 0.104. The number of rotatable bonds is 3. The highest BCUT2D eigenvalue weighted by Crippen LogP contribution is 2.35. The van der Waals surface area contributed by atoms with E-state index in [1.807, 2.05) is 9.58 Å². The van der Waals surface area contributed by atoms with E-state index in [-0.39, 0.29) is 29.5 Å². The molecule has 1 N–H and O–H groups in total. The molecule has 1 aliphatic heterocycles. The van der Waals surface area contributed by atoms with Gasteiger partial charge >= 0.3 is 0 Å². The molecule has 1 saturated carbocycles. The third-order valence-electron chi connectivity index (χ3n) is 5.91. The molecule has 3 atom stereocenters. The van der Waals surface area contributed by atoms with Crippen molar-refractivity contribution in [2.24, 2.45) is 5.92 Å². The molecule has 1 amide bonds. The second-order valence-corrected chi connectivity index (χ2v) is 8.66. The largest absolute Gasteiger partial charge is 0.393 e. The molecule has 1 aliphatic carbocycles. The lowest BCUT2D eigenvalue weighted by atomic mass is 9.80. The molecule has 2 aliphatic rings. The number of aliphatic hydroxyl groups is 1. The van der Waals surface area contributed by atoms with Gasteiger partial charge in [0.1, 0.15) is 0 Å². The number of nitrogens with zero attached hydrogens (tertiary/aromatic N) is 3. The van der Waals surface area contributed by atoms with Gasteiger partial charge in [0.25, 0.3) is 5.91 Å². The molecule has 140 valence electrons. The summed E-state index contributed by atoms with van der Waals surface area (Å²) in [5, 5.41) is 15.0. The SMILES string of the molecule is CCc1c(C(=O)N2CCC[C@@H]2[C@@H]2CCCC[C@@H]2O)cnn1C(C)(C)C. The van der Waals surface area contributed by atoms with Crippen molar-refractivity contribution in [1.82, 2.24) is 14.7 Å². The average Bonchev–Trinajstić information content (AvgIpc) is 3.20. The van der Waals surface area contributed by atoms with Crippen molar-refractivity contribution in [1.29, 1.82) is 0 Å². The summed E-state index contributed by atoms with van der Waals surface area (Å²) in [6.07, 6.45) is 8.54. The summed E-state index contributed by atoms with van der Waals surface area (Å²) in [5.41, 5.74) is 1.63. The zero-order valence-corrected chi connectivity index (χ0v) is 16.2. The van der Waals surface area contributed by atoms with Gasteiger partial charge < -0.3 is 10.0 Å². The van der Waals surface area contributed by atoms with E-state index in [2.05, 4.69) is 32.8 Å². The number of aromatic nitrogens is 2. The Morgan fingerprint density at radius 3 is 2.60 bits per heavy atom. The number of hydrogen-bond donors (Lipinski definition) is 1. The van der Waals surface area contributed by atoms with Gasteiger partial charge in [0.2, 0.25) is 0 Å². The summed E-state index contributed by atoms with van der Waals surface area (Å²) in [4.78, 5) is 15.3. The van der Waals surface area contributed by atoms with Crippen molar-refractivity contribution >= 4 is 5.91 Å². The third-order valence-corrected chi connectivity index (χ3v) is 5.91. The number of amides is 1. The maximum Gasteiger partial charge on any atom is 0.257 e. The van der Waals surface area contributed by atoms with Crippen LogP contribution in [0.4, 0.5) is 0 Å². The number of aliphatic hydroxyl groups excluding tert-OH is 1. The molecule has 25 heavy (non-hydrogen) atoms. The number of likely N-dealkylation sites (tertiary alicyclic amines) is 1. The van der Waals surface area contributed by atoms with Crippen LogP contribution in [0.2, 0.25) is 0 Å². The van der Waals surface area contributed by atoms with Gasteiger partial charge in [-0.3, -0.25) is 9.48 Å². The van der Waals surface area contributed by atoms with Crippen molar-refractivity contribution in [3.05, 3.63) is 17.5 Å². The van der Waals surface area contributed by atoms with E-state index in [0.29, 0.717) is 0 Å². The van der Waals surface area contributed by atoms with Crippen molar-refractivity contribution in [2.75, 3.05) is 6.54 Å². The monoisotopic (exact) mass is 347 g/mol. The van der Waals surface area contributed by atoms with Gasteiger partial charge in [0.15, 0.2) is 0 Å². The number of carbonyl (C=O) groups is 1. The highest BCUT2D eigenvalue weighted by atomic mass is 16.3. The van der Waals surface area contributed by atoms with E-state index < -0.39 is 0 Å². The first-order valence-electron chi connectivity index (χ1n) is 9.91. The van der Waals surface area contributed by atoms with Crippen LogP contribution in [-0.4, -0.2) is 44.4 Å². The molecule has 0 spiro atoms. The van der Waals surface area contributed by atoms with E-state index in [0.717, 1.165) is 56.3 Å². The van der Waals surface area contributed by atoms with Gasteiger partial charge in [-0.2, -0.15) is 5.10 Å². The van der Waals surface area contributed by atoms with Gasteiger partial charge in [-0.25, -0.2) is 0 Å². The lowest BCUT2D eigenvalue weighted by molar-refractivity contribution is 0.0211. The maximum absolute atomic E-state index is 13.3. The molecule has 5 nitrogen and oxygen atoms in total. The first-order chi connectivity index (χ1) is 11.8. The lowest BCUT2D eigenvalue weighted by Crippen LogP contribution is -2.45. The minimum atomic E-state index is -0.255. The highest BCUT2D eigenvalue weighted by Gasteiger charge is 2.40. The van der Waals surface area contributed by atoms with Crippen LogP contribution in [0.15, 0.2) is 6.20 Å². The van der Waals surface area contributed by atoms with Gasteiger partial charge in [-0.05, 0) is 52.9 Å². The van der Waals surface area contributed by atoms with E-state index in [1.54, 1.807) is 6.20 Å². The Morgan fingerprint density at radius 2 is 1.96 bits per heavy atom. The zero-order valence-electron chi connectivity index (χ0n) is 16.2. The molecular formula is C20H33N3O2. The molecule has 2 fully saturated rings. The smallest absolute Gasteiger partial charge is 0.257 e. The van der Waals surface area contributed by atoms with Crippen LogP contribution in [0.5, 0.6) is 0 Å². The molecular weight excluding hydrogens is 314 g/mol. The second-order valence-electron chi connectivity index (χ2n) is 8.66. The van der Waals surface area contributed by atoms with Crippen molar-refractivity contribution in [3.8, 4) is 0 Å². The summed E-state index contributed by atoms with van der Waals surface area (Å²) in [5.74, 6) is 0.343. The first-order valence-corrected chi connectivity index (χ1v) is 9.91. The van der Waals surface area contributed by atoms with Crippen LogP contribution in [0, 0.1) is 5.92 Å². The standard InChI is InChI=1S/C20H33N3O2/c1-5-16-15(13-21-23(16)20(2,3)4)19(25)22-12-8-10-17(22)14-9-6-7-11-18(14)24/h13-14,17-18,24H,5-12H2,1-4H3/t14-,17+,18-/m0/s1. The second kappa shape index (κ2) is 7.10. The van der Waals surface area contributed by atoms with Crippen LogP contribution >= 0.6 is 0 Å². The Labute approximate surface area is 151 Å². The van der Waals surface area contributed by atoms with E-state index in [4.69, 9.17) is 0 Å². The summed E-state index contributed by atoms with van der Waals surface area (Å²) < 4.78 is 1.99. The van der Waals surface area contributed by atoms with Crippen LogP contribution in [0.1, 0.15) is 82.3 Å². The molecule has 1 aromatic heterocycles. The van der Waals surface area contributed by atoms with Crippen molar-refractivity contribution < 1.29 is 9.90 Å². The fraction of sp³-hybridized carbons (Fsp3) is 0.800. The van der Waals surface area contributed by atoms with E-state index in [9.17, 15) is 9.90 Å². The molecule has 0 radical (unpaired) electrons. The van der Waals surface area contributed by atoms with Crippen LogP contribution in [0.3, 0.4) is 0 Å². The molecule has 5 heteroatoms. The predicted octanol–water partition coefficient (Wildman–Crippen LogP) is 3.36. The van der Waals surface area contributed by atoms with Crippen LogP contribution < -0.4 is 0 Å². The molecule has 0 unspecified atom stereocenters. The molecule has 1 saturated heterocycles. The maximum atomic E-state index is 13.3. The van der Waals surface area contributed by atoms with Gasteiger partial charge in [-0.15, -0.1) is 0 Å². The quantitative estimate of drug-likeness (QED) is 0.912. The summed E-state index contributed by atoms with van der Waals surface area (Å²) in [6.45, 7) is 9.23. The predicted molar refractivity (Wildman–Crippen MR) is 98.6 cm³/mol. The van der Waals surface area contributed by atoms with E-state index in [1.165, 1.54) is 6.42 Å². The summed E-state index contributed by atoms with van der Waals surface area (Å²) in [7, 11) is 0. The minimum Gasteiger partial charge on any atom is -0.393 e. The Balaban J connectivity index is 1.86. The molecule has 0 aromatic carbocycles. The summed E-state index contributed by atoms with van der Waals surface area (Å²) in [6, 6.07) is 0.186. The molecule has 2 heterocycles.